The molecule has 0 spiro atoms. The highest BCUT2D eigenvalue weighted by molar-refractivity contribution is 7.95. The third-order valence-electron chi connectivity index (χ3n) is 3.02. The molecule has 0 aliphatic rings. The smallest absolute Gasteiger partial charge is 0.340 e. The molecule has 0 unspecified atom stereocenters. The molecule has 132 valence electrons. The number of carbonyl (C=O) groups excluding carboxylic acids is 1. The van der Waals surface area contributed by atoms with Crippen molar-refractivity contribution in [2.45, 2.75) is 0 Å². The lowest BCUT2D eigenvalue weighted by atomic mass is 10.2. The molecule has 0 saturated carbocycles. The van der Waals surface area contributed by atoms with E-state index in [1.165, 1.54) is 6.08 Å². The summed E-state index contributed by atoms with van der Waals surface area (Å²) in [5.41, 5.74) is -0.629. The number of hydrogen-bond donors (Lipinski definition) is 1. The van der Waals surface area contributed by atoms with Crippen LogP contribution in [-0.4, -0.2) is 21.5 Å². The van der Waals surface area contributed by atoms with Gasteiger partial charge >= 0.3 is 5.97 Å². The minimum Gasteiger partial charge on any atom is -0.465 e. The standard InChI is InChI=1S/C16H12ClF2NO4S/c1-24-16(21)12-8-15(14(19)9-13(12)18)20-25(22,23)7-6-10-2-4-11(17)5-3-10/h2-9,20H,1H3/b7-6+. The van der Waals surface area contributed by atoms with Gasteiger partial charge in [-0.05, 0) is 29.8 Å². The van der Waals surface area contributed by atoms with Crippen molar-refractivity contribution in [3.8, 4) is 0 Å². The van der Waals surface area contributed by atoms with Crippen molar-refractivity contribution in [2.75, 3.05) is 11.8 Å². The van der Waals surface area contributed by atoms with Gasteiger partial charge in [-0.25, -0.2) is 22.0 Å². The minimum absolute atomic E-state index is 0.396. The Labute approximate surface area is 147 Å². The molecule has 9 heteroatoms. The molecule has 0 aromatic heterocycles. The van der Waals surface area contributed by atoms with Crippen LogP contribution in [0, 0.1) is 11.6 Å². The first-order valence-corrected chi connectivity index (χ1v) is 8.68. The SMILES string of the molecule is COC(=O)c1cc(NS(=O)(=O)/C=C/c2ccc(Cl)cc2)c(F)cc1F. The third-order valence-corrected chi connectivity index (χ3v) is 4.27. The van der Waals surface area contributed by atoms with Crippen molar-refractivity contribution >= 4 is 39.4 Å². The first-order valence-electron chi connectivity index (χ1n) is 6.75. The molecule has 0 aliphatic carbocycles. The maximum absolute atomic E-state index is 13.8. The van der Waals surface area contributed by atoms with E-state index in [1.54, 1.807) is 24.3 Å². The predicted octanol–water partition coefficient (Wildman–Crippen LogP) is 3.82. The second-order valence-electron chi connectivity index (χ2n) is 4.80. The quantitative estimate of drug-likeness (QED) is 0.792. The Kier molecular flexibility index (Phi) is 5.76. The van der Waals surface area contributed by atoms with Gasteiger partial charge in [0.1, 0.15) is 11.6 Å². The van der Waals surface area contributed by atoms with Crippen molar-refractivity contribution < 1.29 is 26.7 Å². The fraction of sp³-hybridized carbons (Fsp3) is 0.0625. The lowest BCUT2D eigenvalue weighted by Gasteiger charge is -2.08. The number of ether oxygens (including phenoxy) is 1. The number of sulfonamides is 1. The van der Waals surface area contributed by atoms with Gasteiger partial charge < -0.3 is 4.74 Å². The summed E-state index contributed by atoms with van der Waals surface area (Å²) in [4.78, 5) is 11.4. The van der Waals surface area contributed by atoms with Gasteiger partial charge in [0.05, 0.1) is 23.8 Å². The van der Waals surface area contributed by atoms with Crippen molar-refractivity contribution in [3.05, 3.63) is 69.6 Å². The number of rotatable bonds is 5. The Balaban J connectivity index is 2.28. The fourth-order valence-corrected chi connectivity index (χ4v) is 2.82. The number of hydrogen-bond acceptors (Lipinski definition) is 4. The van der Waals surface area contributed by atoms with Crippen LogP contribution in [0.2, 0.25) is 5.02 Å². The number of carbonyl (C=O) groups is 1. The molecular weight excluding hydrogens is 376 g/mol. The molecule has 25 heavy (non-hydrogen) atoms. The van der Waals surface area contributed by atoms with Crippen LogP contribution < -0.4 is 4.72 Å². The largest absolute Gasteiger partial charge is 0.465 e. The van der Waals surface area contributed by atoms with E-state index in [4.69, 9.17) is 11.6 Å². The van der Waals surface area contributed by atoms with Crippen LogP contribution in [0.3, 0.4) is 0 Å². The summed E-state index contributed by atoms with van der Waals surface area (Å²) in [5, 5.41) is 1.29. The second-order valence-corrected chi connectivity index (χ2v) is 6.81. The van der Waals surface area contributed by atoms with Gasteiger partial charge in [-0.3, -0.25) is 4.72 Å². The highest BCUT2D eigenvalue weighted by Crippen LogP contribution is 2.22. The van der Waals surface area contributed by atoms with Crippen molar-refractivity contribution in [2.24, 2.45) is 0 Å². The van der Waals surface area contributed by atoms with Gasteiger partial charge in [0.15, 0.2) is 0 Å². The summed E-state index contributed by atoms with van der Waals surface area (Å²) in [7, 11) is -3.09. The topological polar surface area (TPSA) is 72.5 Å². The van der Waals surface area contributed by atoms with Gasteiger partial charge in [0, 0.05) is 11.1 Å². The number of halogens is 3. The molecule has 0 amide bonds. The van der Waals surface area contributed by atoms with E-state index in [2.05, 4.69) is 4.74 Å². The first kappa shape index (κ1) is 18.9. The highest BCUT2D eigenvalue weighted by Gasteiger charge is 2.18. The van der Waals surface area contributed by atoms with Crippen LogP contribution in [0.25, 0.3) is 6.08 Å². The molecule has 2 aromatic rings. The summed E-state index contributed by atoms with van der Waals surface area (Å²) in [6.45, 7) is 0. The number of esters is 1. The lowest BCUT2D eigenvalue weighted by Crippen LogP contribution is -2.13. The molecule has 0 heterocycles. The Morgan fingerprint density at radius 1 is 1.16 bits per heavy atom. The van der Waals surface area contributed by atoms with Gasteiger partial charge in [0.2, 0.25) is 0 Å². The van der Waals surface area contributed by atoms with Crippen LogP contribution in [-0.2, 0) is 14.8 Å². The molecule has 0 aliphatic heterocycles. The fourth-order valence-electron chi connectivity index (χ4n) is 1.82. The van der Waals surface area contributed by atoms with Crippen LogP contribution in [0.15, 0.2) is 41.8 Å². The van der Waals surface area contributed by atoms with Crippen LogP contribution in [0.4, 0.5) is 14.5 Å². The van der Waals surface area contributed by atoms with Gasteiger partial charge in [0.25, 0.3) is 10.0 Å². The monoisotopic (exact) mass is 387 g/mol. The van der Waals surface area contributed by atoms with E-state index < -0.39 is 38.9 Å². The van der Waals surface area contributed by atoms with Gasteiger partial charge in [-0.2, -0.15) is 0 Å². The second kappa shape index (κ2) is 7.62. The summed E-state index contributed by atoms with van der Waals surface area (Å²) in [6, 6.07) is 7.44. The summed E-state index contributed by atoms with van der Waals surface area (Å²) >= 11 is 5.73. The zero-order chi connectivity index (χ0) is 18.6. The molecule has 0 radical (unpaired) electrons. The van der Waals surface area contributed by atoms with E-state index in [0.29, 0.717) is 16.7 Å². The number of anilines is 1. The van der Waals surface area contributed by atoms with Crippen LogP contribution >= 0.6 is 11.6 Å². The zero-order valence-electron chi connectivity index (χ0n) is 12.8. The van der Waals surface area contributed by atoms with Crippen molar-refractivity contribution in [1.29, 1.82) is 0 Å². The minimum atomic E-state index is -4.11. The summed E-state index contributed by atoms with van der Waals surface area (Å²) in [6.07, 6.45) is 1.27. The van der Waals surface area contributed by atoms with Crippen LogP contribution in [0.1, 0.15) is 15.9 Å². The number of benzene rings is 2. The molecule has 0 bridgehead atoms. The molecule has 0 atom stereocenters. The molecule has 5 nitrogen and oxygen atoms in total. The van der Waals surface area contributed by atoms with E-state index >= 15 is 0 Å². The van der Waals surface area contributed by atoms with Crippen molar-refractivity contribution in [1.82, 2.24) is 0 Å². The molecule has 1 N–H and O–H groups in total. The van der Waals surface area contributed by atoms with E-state index in [9.17, 15) is 22.0 Å². The van der Waals surface area contributed by atoms with Gasteiger partial charge in [-0.15, -0.1) is 0 Å². The van der Waals surface area contributed by atoms with Gasteiger partial charge in [-0.1, -0.05) is 23.7 Å². The third kappa shape index (κ3) is 5.01. The maximum atomic E-state index is 13.8. The Bertz CT molecular complexity index is 928. The predicted molar refractivity (Wildman–Crippen MR) is 90.7 cm³/mol. The first-order chi connectivity index (χ1) is 11.7. The molecular formula is C16H12ClF2NO4S. The molecule has 2 rings (SSSR count). The lowest BCUT2D eigenvalue weighted by molar-refractivity contribution is 0.0595. The Morgan fingerprint density at radius 2 is 1.80 bits per heavy atom. The van der Waals surface area contributed by atoms with E-state index in [0.717, 1.165) is 18.6 Å². The summed E-state index contributed by atoms with van der Waals surface area (Å²) < 4.78 is 57.7. The van der Waals surface area contributed by atoms with E-state index in [-0.39, 0.29) is 0 Å². The normalized spacial score (nSPS) is 11.5. The molecule has 0 fully saturated rings. The molecule has 2 aromatic carbocycles. The van der Waals surface area contributed by atoms with Crippen LogP contribution in [0.5, 0.6) is 0 Å². The average Bonchev–Trinajstić information content (AvgIpc) is 2.56. The Morgan fingerprint density at radius 3 is 2.40 bits per heavy atom. The van der Waals surface area contributed by atoms with Crippen molar-refractivity contribution in [3.63, 3.8) is 0 Å². The number of nitrogens with one attached hydrogen (secondary N) is 1. The average molecular weight is 388 g/mol. The maximum Gasteiger partial charge on any atom is 0.340 e. The Hall–Kier alpha value is -2.45. The zero-order valence-corrected chi connectivity index (χ0v) is 14.4. The van der Waals surface area contributed by atoms with E-state index in [1.807, 2.05) is 4.72 Å². The highest BCUT2D eigenvalue weighted by atomic mass is 35.5. The number of methoxy groups -OCH3 is 1. The summed E-state index contributed by atoms with van der Waals surface area (Å²) in [5.74, 6) is -3.40. The molecule has 0 saturated heterocycles.